The van der Waals surface area contributed by atoms with Crippen LogP contribution >= 0.6 is 0 Å². The highest BCUT2D eigenvalue weighted by molar-refractivity contribution is 6.56. The van der Waals surface area contributed by atoms with E-state index in [2.05, 4.69) is 10.3 Å². The van der Waals surface area contributed by atoms with Gasteiger partial charge in [-0.15, -0.1) is 0 Å². The predicted molar refractivity (Wildman–Crippen MR) is 111 cm³/mol. The predicted octanol–water partition coefficient (Wildman–Crippen LogP) is 3.04. The van der Waals surface area contributed by atoms with Crippen LogP contribution in [-0.4, -0.2) is 29.3 Å². The molecule has 3 aromatic rings. The fourth-order valence-corrected chi connectivity index (χ4v) is 3.61. The highest BCUT2D eigenvalue weighted by Gasteiger charge is 2.41. The summed E-state index contributed by atoms with van der Waals surface area (Å²) in [7, 11) is 0. The number of fused-ring (bicyclic) bond motifs is 1. The van der Waals surface area contributed by atoms with E-state index in [1.54, 1.807) is 36.4 Å². The second kappa shape index (κ2) is 7.17. The van der Waals surface area contributed by atoms with E-state index < -0.39 is 17.6 Å². The maximum atomic E-state index is 13.5. The van der Waals surface area contributed by atoms with Crippen LogP contribution in [0.2, 0.25) is 0 Å². The number of amides is 3. The smallest absolute Gasteiger partial charge is 0.268 e. The number of hydrogen-bond acceptors (Lipinski definition) is 5. The monoisotopic (exact) mass is 415 g/mol. The number of hydrogen-bond donors (Lipinski definition) is 1. The van der Waals surface area contributed by atoms with Gasteiger partial charge in [0.2, 0.25) is 0 Å². The summed E-state index contributed by atoms with van der Waals surface area (Å²) in [5, 5.41) is 2.70. The van der Waals surface area contributed by atoms with Crippen LogP contribution < -0.4 is 15.0 Å². The molecule has 0 fully saturated rings. The third kappa shape index (κ3) is 3.14. The van der Waals surface area contributed by atoms with Crippen molar-refractivity contribution >= 4 is 40.4 Å². The van der Waals surface area contributed by atoms with E-state index in [1.807, 2.05) is 0 Å². The molecular weight excluding hydrogens is 401 g/mol. The van der Waals surface area contributed by atoms with E-state index in [1.165, 1.54) is 30.5 Å². The zero-order chi connectivity index (χ0) is 21.5. The van der Waals surface area contributed by atoms with Gasteiger partial charge in [0.25, 0.3) is 17.7 Å². The van der Waals surface area contributed by atoms with Crippen molar-refractivity contribution in [3.8, 4) is 5.75 Å². The number of nitrogens with zero attached hydrogens (tertiary/aromatic N) is 2. The zero-order valence-corrected chi connectivity index (χ0v) is 16.0. The number of aromatic nitrogens is 1. The maximum Gasteiger partial charge on any atom is 0.268 e. The number of rotatable bonds is 3. The standard InChI is InChI=1S/C23H14FN3O4/c24-15-7-4-13(5-8-15)20-21(14-6-9-17-16(11-14)26-19(28)12-31-17)23(30)27(22(20)29)18-3-1-2-10-25-18/h1-11H,12H2,(H,26,28). The molecule has 0 aliphatic carbocycles. The molecule has 3 heterocycles. The van der Waals surface area contributed by atoms with Gasteiger partial charge in [-0.2, -0.15) is 0 Å². The Balaban J connectivity index is 1.69. The van der Waals surface area contributed by atoms with Crippen LogP contribution in [0, 0.1) is 5.82 Å². The molecule has 0 radical (unpaired) electrons. The molecule has 152 valence electrons. The molecule has 0 saturated heterocycles. The van der Waals surface area contributed by atoms with Gasteiger partial charge in [0, 0.05) is 6.20 Å². The number of ether oxygens (including phenoxy) is 1. The Hall–Kier alpha value is -4.33. The van der Waals surface area contributed by atoms with Crippen molar-refractivity contribution in [3.63, 3.8) is 0 Å². The molecule has 2 aromatic carbocycles. The van der Waals surface area contributed by atoms with Crippen LogP contribution in [0.15, 0.2) is 66.9 Å². The van der Waals surface area contributed by atoms with Gasteiger partial charge in [0.1, 0.15) is 17.4 Å². The minimum Gasteiger partial charge on any atom is -0.482 e. The molecule has 1 N–H and O–H groups in total. The number of anilines is 2. The summed E-state index contributed by atoms with van der Waals surface area (Å²) in [6.07, 6.45) is 1.48. The highest BCUT2D eigenvalue weighted by Crippen LogP contribution is 2.40. The molecule has 2 aliphatic heterocycles. The molecule has 3 amide bonds. The molecule has 0 saturated carbocycles. The summed E-state index contributed by atoms with van der Waals surface area (Å²) < 4.78 is 18.9. The number of carbonyl (C=O) groups is 3. The Morgan fingerprint density at radius 3 is 2.32 bits per heavy atom. The van der Waals surface area contributed by atoms with Gasteiger partial charge >= 0.3 is 0 Å². The van der Waals surface area contributed by atoms with Gasteiger partial charge < -0.3 is 10.1 Å². The topological polar surface area (TPSA) is 88.6 Å². The maximum absolute atomic E-state index is 13.5. The van der Waals surface area contributed by atoms with Crippen molar-refractivity contribution in [2.45, 2.75) is 0 Å². The van der Waals surface area contributed by atoms with E-state index >= 15 is 0 Å². The number of pyridine rings is 1. The van der Waals surface area contributed by atoms with Crippen LogP contribution in [0.1, 0.15) is 11.1 Å². The molecule has 0 atom stereocenters. The number of nitrogens with one attached hydrogen (secondary N) is 1. The van der Waals surface area contributed by atoms with E-state index in [0.717, 1.165) is 4.90 Å². The Morgan fingerprint density at radius 2 is 1.61 bits per heavy atom. The van der Waals surface area contributed by atoms with Crippen LogP contribution in [0.3, 0.4) is 0 Å². The molecule has 0 unspecified atom stereocenters. The largest absolute Gasteiger partial charge is 0.482 e. The van der Waals surface area contributed by atoms with Crippen LogP contribution in [-0.2, 0) is 14.4 Å². The van der Waals surface area contributed by atoms with Gasteiger partial charge in [-0.05, 0) is 47.5 Å². The third-order valence-electron chi connectivity index (χ3n) is 5.00. The highest BCUT2D eigenvalue weighted by atomic mass is 19.1. The van der Waals surface area contributed by atoms with Gasteiger partial charge in [0.15, 0.2) is 6.61 Å². The average molecular weight is 415 g/mol. The van der Waals surface area contributed by atoms with Crippen molar-refractivity contribution in [1.29, 1.82) is 0 Å². The summed E-state index contributed by atoms with van der Waals surface area (Å²) in [6, 6.07) is 15.1. The van der Waals surface area contributed by atoms with Crippen molar-refractivity contribution in [1.82, 2.24) is 4.98 Å². The molecule has 0 bridgehead atoms. The van der Waals surface area contributed by atoms with Crippen molar-refractivity contribution in [2.75, 3.05) is 16.8 Å². The van der Waals surface area contributed by atoms with E-state index in [0.29, 0.717) is 22.6 Å². The SMILES string of the molecule is O=C1COc2ccc(C3=C(c4ccc(F)cc4)C(=O)N(c4ccccn4)C3=O)cc2N1. The Kier molecular flexibility index (Phi) is 4.32. The van der Waals surface area contributed by atoms with Gasteiger partial charge in [-0.1, -0.05) is 24.3 Å². The Bertz CT molecular complexity index is 1270. The number of benzene rings is 2. The van der Waals surface area contributed by atoms with E-state index in [9.17, 15) is 18.8 Å². The Morgan fingerprint density at radius 1 is 0.903 bits per heavy atom. The first-order valence-electron chi connectivity index (χ1n) is 9.40. The minimum atomic E-state index is -0.566. The summed E-state index contributed by atoms with van der Waals surface area (Å²) in [6.45, 7) is -0.0965. The normalized spacial score (nSPS) is 15.6. The summed E-state index contributed by atoms with van der Waals surface area (Å²) in [5.41, 5.74) is 1.46. The Labute approximate surface area is 175 Å². The lowest BCUT2D eigenvalue weighted by Gasteiger charge is -2.19. The average Bonchev–Trinajstić information content (AvgIpc) is 3.04. The number of imide groups is 1. The molecule has 2 aliphatic rings. The lowest BCUT2D eigenvalue weighted by atomic mass is 9.95. The fraction of sp³-hybridized carbons (Fsp3) is 0.0435. The molecule has 5 rings (SSSR count). The second-order valence-corrected chi connectivity index (χ2v) is 6.94. The van der Waals surface area contributed by atoms with Gasteiger partial charge in [-0.25, -0.2) is 14.3 Å². The van der Waals surface area contributed by atoms with Crippen molar-refractivity contribution < 1.29 is 23.5 Å². The lowest BCUT2D eigenvalue weighted by molar-refractivity contribution is -0.120. The second-order valence-electron chi connectivity index (χ2n) is 6.94. The van der Waals surface area contributed by atoms with Gasteiger partial charge in [-0.3, -0.25) is 14.4 Å². The van der Waals surface area contributed by atoms with E-state index in [-0.39, 0.29) is 29.5 Å². The fourth-order valence-electron chi connectivity index (χ4n) is 3.61. The third-order valence-corrected chi connectivity index (χ3v) is 5.00. The number of halogens is 1. The number of carbonyl (C=O) groups excluding carboxylic acids is 3. The minimum absolute atomic E-state index is 0.0965. The van der Waals surface area contributed by atoms with Crippen molar-refractivity contribution in [3.05, 3.63) is 83.8 Å². The van der Waals surface area contributed by atoms with Crippen molar-refractivity contribution in [2.24, 2.45) is 0 Å². The molecule has 0 spiro atoms. The first kappa shape index (κ1) is 18.7. The first-order chi connectivity index (χ1) is 15.0. The zero-order valence-electron chi connectivity index (χ0n) is 16.0. The first-order valence-corrected chi connectivity index (χ1v) is 9.40. The lowest BCUT2D eigenvalue weighted by Crippen LogP contribution is -2.32. The van der Waals surface area contributed by atoms with Gasteiger partial charge in [0.05, 0.1) is 16.8 Å². The summed E-state index contributed by atoms with van der Waals surface area (Å²) in [4.78, 5) is 43.6. The van der Waals surface area contributed by atoms with E-state index in [4.69, 9.17) is 4.74 Å². The molecule has 7 nitrogen and oxygen atoms in total. The molecular formula is C23H14FN3O4. The van der Waals surface area contributed by atoms with Crippen LogP contribution in [0.25, 0.3) is 11.1 Å². The molecule has 8 heteroatoms. The summed E-state index contributed by atoms with van der Waals surface area (Å²) >= 11 is 0. The molecule has 1 aromatic heterocycles. The quantitative estimate of drug-likeness (QED) is 0.665. The summed E-state index contributed by atoms with van der Waals surface area (Å²) in [5.74, 6) is -1.26. The van der Waals surface area contributed by atoms with Crippen LogP contribution in [0.4, 0.5) is 15.9 Å². The molecule has 31 heavy (non-hydrogen) atoms. The van der Waals surface area contributed by atoms with Crippen LogP contribution in [0.5, 0.6) is 5.75 Å².